The van der Waals surface area contributed by atoms with E-state index < -0.39 is 5.41 Å². The van der Waals surface area contributed by atoms with Gasteiger partial charge in [-0.2, -0.15) is 0 Å². The van der Waals surface area contributed by atoms with Crippen molar-refractivity contribution in [2.45, 2.75) is 19.3 Å². The Balaban J connectivity index is 1.28. The molecule has 0 fully saturated rings. The van der Waals surface area contributed by atoms with Crippen LogP contribution in [0.2, 0.25) is 0 Å². The molecule has 7 nitrogen and oxygen atoms in total. The molecule has 298 valence electrons. The van der Waals surface area contributed by atoms with E-state index >= 15 is 0 Å². The van der Waals surface area contributed by atoms with E-state index in [4.69, 9.17) is 9.97 Å². The van der Waals surface area contributed by atoms with E-state index in [0.717, 1.165) is 112 Å². The van der Waals surface area contributed by atoms with Gasteiger partial charge < -0.3 is 20.2 Å². The molecule has 1 amide bonds. The second-order valence-electron chi connectivity index (χ2n) is 16.5. The number of H-pyrrole nitrogens is 2. The van der Waals surface area contributed by atoms with Gasteiger partial charge in [-0.05, 0) is 96.3 Å². The summed E-state index contributed by atoms with van der Waals surface area (Å²) in [6.07, 6.45) is 6.41. The summed E-state index contributed by atoms with van der Waals surface area (Å²) in [5.41, 5.74) is 18.1. The average molecular weight is 803 g/mol. The van der Waals surface area contributed by atoms with Crippen LogP contribution in [0.25, 0.3) is 90.5 Å². The van der Waals surface area contributed by atoms with E-state index in [1.165, 1.54) is 0 Å². The Morgan fingerprint density at radius 2 is 0.952 bits per heavy atom. The Bertz CT molecular complexity index is 3310. The van der Waals surface area contributed by atoms with Gasteiger partial charge in [0.2, 0.25) is 5.91 Å². The highest BCUT2D eigenvalue weighted by Crippen LogP contribution is 2.44. The molecule has 3 aromatic heterocycles. The molecule has 8 aromatic rings. The fraction of sp³-hybridized carbons (Fsp3) is 0.0727. The molecule has 6 heterocycles. The number of hydrogen-bond donors (Lipinski definition) is 3. The summed E-state index contributed by atoms with van der Waals surface area (Å²) >= 11 is 0. The van der Waals surface area contributed by atoms with Crippen LogP contribution in [0, 0.1) is 0 Å². The average Bonchev–Trinajstić information content (AvgIpc) is 4.16. The molecule has 0 atom stereocenters. The van der Waals surface area contributed by atoms with Crippen LogP contribution in [0.4, 0.5) is 11.4 Å². The van der Waals surface area contributed by atoms with Crippen LogP contribution in [-0.2, 0) is 10.2 Å². The zero-order valence-electron chi connectivity index (χ0n) is 34.6. The van der Waals surface area contributed by atoms with Crippen LogP contribution in [0.1, 0.15) is 42.2 Å². The van der Waals surface area contributed by atoms with Gasteiger partial charge in [0.1, 0.15) is 0 Å². The van der Waals surface area contributed by atoms with Crippen molar-refractivity contribution in [3.8, 4) is 44.5 Å². The maximum Gasteiger partial charge on any atom is 0.236 e. The first-order valence-corrected chi connectivity index (χ1v) is 20.9. The highest BCUT2D eigenvalue weighted by Gasteiger charge is 2.42. The van der Waals surface area contributed by atoms with Crippen molar-refractivity contribution in [2.24, 2.45) is 0 Å². The molecule has 0 spiro atoms. The number of carbonyl (C=O) groups excluding carboxylic acids is 1. The molecule has 0 saturated heterocycles. The smallest absolute Gasteiger partial charge is 0.236 e. The van der Waals surface area contributed by atoms with Gasteiger partial charge in [-0.15, -0.1) is 0 Å². The molecule has 0 radical (unpaired) electrons. The van der Waals surface area contributed by atoms with E-state index in [9.17, 15) is 4.79 Å². The largest absolute Gasteiger partial charge is 0.354 e. The van der Waals surface area contributed by atoms with Gasteiger partial charge in [0.25, 0.3) is 0 Å². The van der Waals surface area contributed by atoms with Crippen LogP contribution >= 0.6 is 0 Å². The predicted molar refractivity (Wildman–Crippen MR) is 256 cm³/mol. The Labute approximate surface area is 359 Å². The Hall–Kier alpha value is -8.03. The van der Waals surface area contributed by atoms with Crippen molar-refractivity contribution in [1.29, 1.82) is 0 Å². The molecule has 11 rings (SSSR count). The fourth-order valence-electron chi connectivity index (χ4n) is 9.22. The summed E-state index contributed by atoms with van der Waals surface area (Å²) in [6.45, 7) is 3.98. The van der Waals surface area contributed by atoms with Crippen molar-refractivity contribution in [3.63, 3.8) is 0 Å². The van der Waals surface area contributed by atoms with Crippen LogP contribution in [0.5, 0.6) is 0 Å². The molecule has 0 aliphatic carbocycles. The number of aromatic nitrogens is 4. The second kappa shape index (κ2) is 14.6. The minimum absolute atomic E-state index is 0.0775. The van der Waals surface area contributed by atoms with E-state index in [1.807, 2.05) is 45.2 Å². The quantitative estimate of drug-likeness (QED) is 0.156. The first-order valence-electron chi connectivity index (χ1n) is 20.9. The number of likely N-dealkylation sites (N-methyl/N-ethyl adjacent to an activating group) is 1. The molecule has 8 bridgehead atoms. The van der Waals surface area contributed by atoms with Crippen molar-refractivity contribution >= 4 is 63.3 Å². The van der Waals surface area contributed by atoms with Crippen LogP contribution < -0.4 is 10.2 Å². The Morgan fingerprint density at radius 3 is 1.44 bits per heavy atom. The highest BCUT2D eigenvalue weighted by molar-refractivity contribution is 6.09. The number of fused-ring (bicyclic) bond motifs is 9. The predicted octanol–water partition coefficient (Wildman–Crippen LogP) is 13.0. The zero-order chi connectivity index (χ0) is 42.0. The number of anilines is 2. The first kappa shape index (κ1) is 37.0. The van der Waals surface area contributed by atoms with Crippen molar-refractivity contribution in [2.75, 3.05) is 17.3 Å². The summed E-state index contributed by atoms with van der Waals surface area (Å²) in [5, 5.41) is 3.81. The zero-order valence-corrected chi connectivity index (χ0v) is 34.6. The van der Waals surface area contributed by atoms with Gasteiger partial charge in [0.05, 0.1) is 33.9 Å². The summed E-state index contributed by atoms with van der Waals surface area (Å²) in [7, 11) is 1.85. The van der Waals surface area contributed by atoms with Crippen LogP contribution in [-0.4, -0.2) is 32.9 Å². The molecular formula is C55H42N6O. The van der Waals surface area contributed by atoms with E-state index in [1.54, 1.807) is 4.90 Å². The third-order valence-electron chi connectivity index (χ3n) is 12.3. The molecular weight excluding hydrogens is 761 g/mol. The molecule has 5 aromatic carbocycles. The maximum absolute atomic E-state index is 13.4. The monoisotopic (exact) mass is 802 g/mol. The van der Waals surface area contributed by atoms with Crippen molar-refractivity contribution in [3.05, 3.63) is 192 Å². The molecule has 3 N–H and O–H groups in total. The fourth-order valence-corrected chi connectivity index (χ4v) is 9.22. The molecule has 0 unspecified atom stereocenters. The third-order valence-corrected chi connectivity index (χ3v) is 12.3. The second-order valence-corrected chi connectivity index (χ2v) is 16.5. The highest BCUT2D eigenvalue weighted by atomic mass is 16.2. The Kier molecular flexibility index (Phi) is 8.72. The first-order chi connectivity index (χ1) is 30.3. The van der Waals surface area contributed by atoms with E-state index in [-0.39, 0.29) is 5.91 Å². The normalized spacial score (nSPS) is 13.9. The topological polar surface area (TPSA) is 89.7 Å². The summed E-state index contributed by atoms with van der Waals surface area (Å²) in [6, 6.07) is 56.6. The number of nitrogens with one attached hydrogen (secondary N) is 3. The van der Waals surface area contributed by atoms with Crippen LogP contribution in [0.15, 0.2) is 164 Å². The summed E-state index contributed by atoms with van der Waals surface area (Å²) in [4.78, 5) is 33.9. The van der Waals surface area contributed by atoms with Crippen molar-refractivity contribution < 1.29 is 4.79 Å². The van der Waals surface area contributed by atoms with E-state index in [0.29, 0.717) is 0 Å². The lowest BCUT2D eigenvalue weighted by atomic mass is 9.86. The lowest BCUT2D eigenvalue weighted by Crippen LogP contribution is -2.33. The number of rotatable bonds is 6. The molecule has 62 heavy (non-hydrogen) atoms. The summed E-state index contributed by atoms with van der Waals surface area (Å²) < 4.78 is 0. The molecule has 7 heteroatoms. The SMILES string of the molecule is CN1C(=O)C(C)(C)c2ccc(NC3=Cc4nc3c(-c3ccccc3)c3ccc([nH]3)c(-c3ccccc3)c3nc(c(-c5ccccc5)c5ccc([nH]5)c4-c4ccccc4)C=C3)cc21. The third kappa shape index (κ3) is 6.17. The standard InChI is InChI=1S/C55H42N6O/c1-55(2)39-25-24-38(32-48(39)61(3)54(55)62)56-47-33-46-51(36-20-12-6-13-21-36)44-29-28-42(58-44)49(34-16-8-4-9-17-34)40-26-27-41(57-40)50(35-18-10-5-11-19-35)43-30-31-45(59-43)52(53(47)60-46)37-22-14-7-15-23-37/h4-33,56,58-59H,1-3H3. The van der Waals surface area contributed by atoms with Gasteiger partial charge in [0.15, 0.2) is 0 Å². The van der Waals surface area contributed by atoms with Gasteiger partial charge in [-0.25, -0.2) is 9.97 Å². The number of benzene rings is 5. The number of nitrogens with zero attached hydrogens (tertiary/aromatic N) is 3. The summed E-state index contributed by atoms with van der Waals surface area (Å²) in [5.74, 6) is 0.0775. The number of amides is 1. The molecule has 3 aliphatic heterocycles. The number of aromatic amines is 2. The maximum atomic E-state index is 13.4. The van der Waals surface area contributed by atoms with Crippen LogP contribution in [0.3, 0.4) is 0 Å². The Morgan fingerprint density at radius 1 is 0.516 bits per heavy atom. The van der Waals surface area contributed by atoms with Gasteiger partial charge in [0, 0.05) is 62.7 Å². The minimum Gasteiger partial charge on any atom is -0.354 e. The molecule has 3 aliphatic rings. The lowest BCUT2D eigenvalue weighted by molar-refractivity contribution is -0.121. The molecule has 0 saturated carbocycles. The minimum atomic E-state index is -0.606. The van der Waals surface area contributed by atoms with Crippen molar-refractivity contribution in [1.82, 2.24) is 19.9 Å². The van der Waals surface area contributed by atoms with Gasteiger partial charge in [-0.1, -0.05) is 127 Å². The van der Waals surface area contributed by atoms with Gasteiger partial charge in [-0.3, -0.25) is 4.79 Å². The number of hydrogen-bond acceptors (Lipinski definition) is 4. The van der Waals surface area contributed by atoms with Gasteiger partial charge >= 0.3 is 0 Å². The van der Waals surface area contributed by atoms with E-state index in [2.05, 4.69) is 173 Å². The number of carbonyl (C=O) groups is 1. The lowest BCUT2D eigenvalue weighted by Gasteiger charge is -2.16.